The van der Waals surface area contributed by atoms with Crippen molar-refractivity contribution >= 4 is 17.7 Å². The average Bonchev–Trinajstić information content (AvgIpc) is 2.49. The van der Waals surface area contributed by atoms with Crippen molar-refractivity contribution in [1.29, 1.82) is 0 Å². The Balaban J connectivity index is 1.66. The van der Waals surface area contributed by atoms with Crippen LogP contribution in [0.3, 0.4) is 0 Å². The van der Waals surface area contributed by atoms with E-state index in [9.17, 15) is 9.18 Å². The third kappa shape index (κ3) is 5.19. The lowest BCUT2D eigenvalue weighted by molar-refractivity contribution is 0.0953. The Kier molecular flexibility index (Phi) is 5.75. The molecule has 2 rings (SSSR count). The molecule has 1 aromatic heterocycles. The molecule has 0 atom stereocenters. The Morgan fingerprint density at radius 2 is 2.00 bits per heavy atom. The molecule has 0 unspecified atom stereocenters. The number of hydrogen-bond donors (Lipinski definition) is 1. The summed E-state index contributed by atoms with van der Waals surface area (Å²) < 4.78 is 12.7. The molecular weight excluding hydrogens is 287 g/mol. The standard InChI is InChI=1S/C16H17FN2OS/c1-12-3-4-13(11-19-12)16(20)18-9-2-10-21-15-7-5-14(17)6-8-15/h3-8,11H,2,9-10H2,1H3,(H,18,20). The monoisotopic (exact) mass is 304 g/mol. The molecule has 0 saturated carbocycles. The Hall–Kier alpha value is -1.88. The molecule has 1 amide bonds. The Morgan fingerprint density at radius 1 is 1.24 bits per heavy atom. The molecule has 1 N–H and O–H groups in total. The van der Waals surface area contributed by atoms with E-state index in [1.165, 1.54) is 12.1 Å². The Bertz CT molecular complexity index is 584. The number of carbonyl (C=O) groups excluding carboxylic acids is 1. The summed E-state index contributed by atoms with van der Waals surface area (Å²) in [4.78, 5) is 17.0. The van der Waals surface area contributed by atoms with Crippen LogP contribution >= 0.6 is 11.8 Å². The molecule has 0 saturated heterocycles. The second-order valence-corrected chi connectivity index (χ2v) is 5.77. The molecule has 0 fully saturated rings. The molecule has 110 valence electrons. The van der Waals surface area contributed by atoms with Crippen LogP contribution in [-0.4, -0.2) is 23.2 Å². The van der Waals surface area contributed by atoms with Gasteiger partial charge in [-0.25, -0.2) is 4.39 Å². The van der Waals surface area contributed by atoms with Crippen molar-refractivity contribution in [1.82, 2.24) is 10.3 Å². The highest BCUT2D eigenvalue weighted by molar-refractivity contribution is 7.99. The molecule has 1 heterocycles. The molecular formula is C16H17FN2OS. The van der Waals surface area contributed by atoms with Crippen LogP contribution in [0.5, 0.6) is 0 Å². The van der Waals surface area contributed by atoms with Crippen LogP contribution in [0.2, 0.25) is 0 Å². The molecule has 21 heavy (non-hydrogen) atoms. The van der Waals surface area contributed by atoms with Gasteiger partial charge in [-0.3, -0.25) is 9.78 Å². The highest BCUT2D eigenvalue weighted by Crippen LogP contribution is 2.18. The number of carbonyl (C=O) groups is 1. The first-order valence-corrected chi connectivity index (χ1v) is 7.73. The van der Waals surface area contributed by atoms with E-state index in [1.807, 2.05) is 13.0 Å². The van der Waals surface area contributed by atoms with Gasteiger partial charge in [0.1, 0.15) is 5.82 Å². The first-order chi connectivity index (χ1) is 10.1. The van der Waals surface area contributed by atoms with Gasteiger partial charge < -0.3 is 5.32 Å². The first-order valence-electron chi connectivity index (χ1n) is 6.74. The minimum atomic E-state index is -0.224. The smallest absolute Gasteiger partial charge is 0.252 e. The van der Waals surface area contributed by atoms with E-state index in [-0.39, 0.29) is 11.7 Å². The Morgan fingerprint density at radius 3 is 2.67 bits per heavy atom. The van der Waals surface area contributed by atoms with Crippen molar-refractivity contribution in [2.24, 2.45) is 0 Å². The predicted molar refractivity (Wildman–Crippen MR) is 83.0 cm³/mol. The summed E-state index contributed by atoms with van der Waals surface area (Å²) in [5.74, 6) is 0.547. The van der Waals surface area contributed by atoms with Crippen LogP contribution in [0.15, 0.2) is 47.5 Å². The van der Waals surface area contributed by atoms with E-state index in [0.29, 0.717) is 12.1 Å². The van der Waals surface area contributed by atoms with E-state index in [1.54, 1.807) is 36.2 Å². The fourth-order valence-corrected chi connectivity index (χ4v) is 2.55. The maximum Gasteiger partial charge on any atom is 0.252 e. The maximum atomic E-state index is 12.7. The van der Waals surface area contributed by atoms with Gasteiger partial charge >= 0.3 is 0 Å². The lowest BCUT2D eigenvalue weighted by Gasteiger charge is -2.05. The number of hydrogen-bond acceptors (Lipinski definition) is 3. The first kappa shape index (κ1) is 15.5. The summed E-state index contributed by atoms with van der Waals surface area (Å²) >= 11 is 1.65. The van der Waals surface area contributed by atoms with Crippen molar-refractivity contribution in [3.8, 4) is 0 Å². The normalized spacial score (nSPS) is 10.4. The van der Waals surface area contributed by atoms with E-state index in [2.05, 4.69) is 10.3 Å². The summed E-state index contributed by atoms with van der Waals surface area (Å²) in [5.41, 5.74) is 1.47. The fraction of sp³-hybridized carbons (Fsp3) is 0.250. The number of nitrogens with one attached hydrogen (secondary N) is 1. The van der Waals surface area contributed by atoms with Crippen molar-refractivity contribution in [3.63, 3.8) is 0 Å². The Labute approximate surface area is 128 Å². The molecule has 0 radical (unpaired) electrons. The molecule has 1 aromatic carbocycles. The van der Waals surface area contributed by atoms with E-state index >= 15 is 0 Å². The van der Waals surface area contributed by atoms with Gasteiger partial charge in [0.05, 0.1) is 5.56 Å². The molecule has 0 spiro atoms. The van der Waals surface area contributed by atoms with Gasteiger partial charge in [0.15, 0.2) is 0 Å². The third-order valence-electron chi connectivity index (χ3n) is 2.86. The van der Waals surface area contributed by atoms with Crippen molar-refractivity contribution in [3.05, 3.63) is 59.7 Å². The summed E-state index contributed by atoms with van der Waals surface area (Å²) in [6.45, 7) is 2.50. The van der Waals surface area contributed by atoms with Crippen LogP contribution < -0.4 is 5.32 Å². The van der Waals surface area contributed by atoms with Gasteiger partial charge in [-0.15, -0.1) is 11.8 Å². The lowest BCUT2D eigenvalue weighted by Crippen LogP contribution is -2.24. The molecule has 0 bridgehead atoms. The van der Waals surface area contributed by atoms with Crippen LogP contribution in [0.4, 0.5) is 4.39 Å². The molecule has 0 aliphatic heterocycles. The number of thioether (sulfide) groups is 1. The zero-order valence-electron chi connectivity index (χ0n) is 11.8. The molecule has 0 aliphatic carbocycles. The van der Waals surface area contributed by atoms with Crippen LogP contribution in [-0.2, 0) is 0 Å². The molecule has 2 aromatic rings. The van der Waals surface area contributed by atoms with Crippen molar-refractivity contribution in [2.45, 2.75) is 18.2 Å². The topological polar surface area (TPSA) is 42.0 Å². The minimum Gasteiger partial charge on any atom is -0.352 e. The number of amides is 1. The second kappa shape index (κ2) is 7.78. The average molecular weight is 304 g/mol. The van der Waals surface area contributed by atoms with Crippen LogP contribution in [0.25, 0.3) is 0 Å². The molecule has 3 nitrogen and oxygen atoms in total. The molecule has 0 aliphatic rings. The summed E-state index contributed by atoms with van der Waals surface area (Å²) in [6, 6.07) is 10.0. The van der Waals surface area contributed by atoms with Gasteiger partial charge in [-0.1, -0.05) is 0 Å². The number of nitrogens with zero attached hydrogens (tertiary/aromatic N) is 1. The highest BCUT2D eigenvalue weighted by atomic mass is 32.2. The molecule has 5 heteroatoms. The van der Waals surface area contributed by atoms with Gasteiger partial charge in [-0.2, -0.15) is 0 Å². The number of aromatic nitrogens is 1. The number of rotatable bonds is 6. The van der Waals surface area contributed by atoms with E-state index in [4.69, 9.17) is 0 Å². The van der Waals surface area contributed by atoms with Gasteiger partial charge in [0, 0.05) is 23.3 Å². The number of halogens is 1. The lowest BCUT2D eigenvalue weighted by atomic mass is 10.2. The van der Waals surface area contributed by atoms with Crippen molar-refractivity contribution in [2.75, 3.05) is 12.3 Å². The zero-order chi connectivity index (χ0) is 15.1. The summed E-state index contributed by atoms with van der Waals surface area (Å²) in [5, 5.41) is 2.86. The third-order valence-corrected chi connectivity index (χ3v) is 3.96. The minimum absolute atomic E-state index is 0.103. The fourth-order valence-electron chi connectivity index (χ4n) is 1.70. The van der Waals surface area contributed by atoms with Crippen LogP contribution in [0.1, 0.15) is 22.5 Å². The van der Waals surface area contributed by atoms with Crippen LogP contribution in [0, 0.1) is 12.7 Å². The van der Waals surface area contributed by atoms with Gasteiger partial charge in [0.2, 0.25) is 0 Å². The van der Waals surface area contributed by atoms with Gasteiger partial charge in [0.25, 0.3) is 5.91 Å². The van der Waals surface area contributed by atoms with Crippen molar-refractivity contribution < 1.29 is 9.18 Å². The largest absolute Gasteiger partial charge is 0.352 e. The van der Waals surface area contributed by atoms with Gasteiger partial charge in [-0.05, 0) is 55.5 Å². The summed E-state index contributed by atoms with van der Waals surface area (Å²) in [7, 11) is 0. The predicted octanol–water partition coefficient (Wildman–Crippen LogP) is 3.44. The number of aryl methyl sites for hydroxylation is 1. The second-order valence-electron chi connectivity index (χ2n) is 4.60. The van der Waals surface area contributed by atoms with E-state index < -0.39 is 0 Å². The maximum absolute atomic E-state index is 12.7. The SMILES string of the molecule is Cc1ccc(C(=O)NCCCSc2ccc(F)cc2)cn1. The van der Waals surface area contributed by atoms with E-state index in [0.717, 1.165) is 22.8 Å². The number of pyridine rings is 1. The quantitative estimate of drug-likeness (QED) is 0.656. The highest BCUT2D eigenvalue weighted by Gasteiger charge is 2.04. The zero-order valence-corrected chi connectivity index (χ0v) is 12.6. The number of benzene rings is 1. The summed E-state index contributed by atoms with van der Waals surface area (Å²) in [6.07, 6.45) is 2.44.